The Kier molecular flexibility index (Phi) is 4.17. The molecule has 6 heteroatoms. The molecule has 0 aromatic heterocycles. The lowest BCUT2D eigenvalue weighted by atomic mass is 10.1. The fourth-order valence-electron chi connectivity index (χ4n) is 2.19. The average molecular weight is 282 g/mol. The van der Waals surface area contributed by atoms with Crippen LogP contribution < -0.4 is 0 Å². The van der Waals surface area contributed by atoms with Crippen LogP contribution in [0.25, 0.3) is 0 Å². The zero-order valence-corrected chi connectivity index (χ0v) is 11.3. The monoisotopic (exact) mass is 282 g/mol. The predicted octanol–water partition coefficient (Wildman–Crippen LogP) is 1.32. The highest BCUT2D eigenvalue weighted by molar-refractivity contribution is 7.91. The van der Waals surface area contributed by atoms with Crippen molar-refractivity contribution in [3.8, 4) is 6.07 Å². The summed E-state index contributed by atoms with van der Waals surface area (Å²) in [7, 11) is -2.95. The number of halogens is 1. The summed E-state index contributed by atoms with van der Waals surface area (Å²) < 4.78 is 36.2. The molecule has 1 fully saturated rings. The van der Waals surface area contributed by atoms with Gasteiger partial charge in [-0.3, -0.25) is 4.90 Å². The molecule has 0 atom stereocenters. The van der Waals surface area contributed by atoms with Crippen molar-refractivity contribution in [3.63, 3.8) is 0 Å². The molecule has 1 aliphatic rings. The number of benzene rings is 1. The minimum Gasteiger partial charge on any atom is -0.298 e. The first kappa shape index (κ1) is 14.0. The lowest BCUT2D eigenvalue weighted by Crippen LogP contribution is -2.27. The Bertz CT molecular complexity index is 608. The van der Waals surface area contributed by atoms with E-state index < -0.39 is 9.84 Å². The summed E-state index contributed by atoms with van der Waals surface area (Å²) >= 11 is 0. The smallest absolute Gasteiger partial charge is 0.151 e. The van der Waals surface area contributed by atoms with Crippen LogP contribution in [-0.4, -0.2) is 37.9 Å². The number of sulfone groups is 1. The van der Waals surface area contributed by atoms with Crippen LogP contribution in [0.4, 0.5) is 4.39 Å². The van der Waals surface area contributed by atoms with Crippen LogP contribution in [0.5, 0.6) is 0 Å². The number of hydrogen-bond acceptors (Lipinski definition) is 4. The second-order valence-electron chi connectivity index (χ2n) is 4.69. The van der Waals surface area contributed by atoms with Crippen LogP contribution in [-0.2, 0) is 16.4 Å². The van der Waals surface area contributed by atoms with Crippen LogP contribution in [0.3, 0.4) is 0 Å². The minimum absolute atomic E-state index is 0.129. The van der Waals surface area contributed by atoms with E-state index in [-0.39, 0.29) is 17.3 Å². The van der Waals surface area contributed by atoms with E-state index >= 15 is 0 Å². The van der Waals surface area contributed by atoms with Gasteiger partial charge in [0.05, 0.1) is 23.1 Å². The predicted molar refractivity (Wildman–Crippen MR) is 69.7 cm³/mol. The van der Waals surface area contributed by atoms with Crippen molar-refractivity contribution < 1.29 is 12.8 Å². The van der Waals surface area contributed by atoms with Gasteiger partial charge in [0.15, 0.2) is 9.84 Å². The summed E-state index contributed by atoms with van der Waals surface area (Å²) in [5.74, 6) is -0.0430. The first-order valence-electron chi connectivity index (χ1n) is 6.11. The molecule has 0 spiro atoms. The van der Waals surface area contributed by atoms with Crippen LogP contribution in [0.15, 0.2) is 18.2 Å². The van der Waals surface area contributed by atoms with Gasteiger partial charge < -0.3 is 0 Å². The lowest BCUT2D eigenvalue weighted by Gasteiger charge is -2.19. The third-order valence-electron chi connectivity index (χ3n) is 3.23. The molecule has 1 heterocycles. The number of nitriles is 1. The Balaban J connectivity index is 2.13. The number of hydrogen-bond donors (Lipinski definition) is 0. The highest BCUT2D eigenvalue weighted by Gasteiger charge is 2.19. The fraction of sp³-hybridized carbons (Fsp3) is 0.462. The fourth-order valence-corrected chi connectivity index (χ4v) is 3.50. The molecule has 4 nitrogen and oxygen atoms in total. The van der Waals surface area contributed by atoms with E-state index in [4.69, 9.17) is 5.26 Å². The van der Waals surface area contributed by atoms with E-state index in [1.807, 2.05) is 11.0 Å². The maximum absolute atomic E-state index is 13.2. The maximum Gasteiger partial charge on any atom is 0.151 e. The van der Waals surface area contributed by atoms with Crippen LogP contribution in [0, 0.1) is 17.1 Å². The van der Waals surface area contributed by atoms with Gasteiger partial charge in [0, 0.05) is 13.1 Å². The molecule has 102 valence electrons. The van der Waals surface area contributed by atoms with Gasteiger partial charge in [-0.15, -0.1) is 0 Å². The molecule has 0 bridgehead atoms. The molecule has 1 aromatic rings. The Morgan fingerprint density at radius 1 is 1.32 bits per heavy atom. The SMILES string of the molecule is N#Cc1ccc(F)cc1CN1CCCS(=O)(=O)CC1. The summed E-state index contributed by atoms with van der Waals surface area (Å²) in [6.45, 7) is 1.50. The molecule has 1 aliphatic heterocycles. The van der Waals surface area contributed by atoms with Gasteiger partial charge in [-0.05, 0) is 36.7 Å². The largest absolute Gasteiger partial charge is 0.298 e. The number of rotatable bonds is 2. The van der Waals surface area contributed by atoms with E-state index in [1.165, 1.54) is 18.2 Å². The van der Waals surface area contributed by atoms with Crippen LogP contribution in [0.1, 0.15) is 17.5 Å². The zero-order valence-electron chi connectivity index (χ0n) is 10.5. The Morgan fingerprint density at radius 3 is 2.84 bits per heavy atom. The van der Waals surface area contributed by atoms with Crippen LogP contribution >= 0.6 is 0 Å². The molecule has 19 heavy (non-hydrogen) atoms. The van der Waals surface area contributed by atoms with Crippen molar-refractivity contribution in [2.75, 3.05) is 24.6 Å². The molecule has 0 radical (unpaired) electrons. The van der Waals surface area contributed by atoms with E-state index in [0.29, 0.717) is 37.2 Å². The van der Waals surface area contributed by atoms with Gasteiger partial charge in [-0.2, -0.15) is 5.26 Å². The Hall–Kier alpha value is -1.45. The maximum atomic E-state index is 13.2. The molecule has 0 saturated carbocycles. The average Bonchev–Trinajstić information content (AvgIpc) is 2.51. The van der Waals surface area contributed by atoms with Gasteiger partial charge in [-0.25, -0.2) is 12.8 Å². The molecular formula is C13H15FN2O2S. The van der Waals surface area contributed by atoms with Crippen molar-refractivity contribution in [1.82, 2.24) is 4.90 Å². The standard InChI is InChI=1S/C13H15FN2O2S/c14-13-3-2-11(9-15)12(8-13)10-16-4-1-6-19(17,18)7-5-16/h2-3,8H,1,4-7,10H2. The molecule has 0 N–H and O–H groups in total. The lowest BCUT2D eigenvalue weighted by molar-refractivity contribution is 0.286. The van der Waals surface area contributed by atoms with Crippen molar-refractivity contribution in [1.29, 1.82) is 5.26 Å². The highest BCUT2D eigenvalue weighted by atomic mass is 32.2. The molecule has 1 saturated heterocycles. The summed E-state index contributed by atoms with van der Waals surface area (Å²) in [5.41, 5.74) is 1.05. The first-order chi connectivity index (χ1) is 9.00. The molecule has 1 aromatic carbocycles. The van der Waals surface area contributed by atoms with Crippen molar-refractivity contribution in [2.24, 2.45) is 0 Å². The van der Waals surface area contributed by atoms with Gasteiger partial charge in [0.1, 0.15) is 5.82 Å². The third kappa shape index (κ3) is 3.75. The molecule has 0 unspecified atom stereocenters. The zero-order chi connectivity index (χ0) is 13.9. The van der Waals surface area contributed by atoms with Gasteiger partial charge in [0.2, 0.25) is 0 Å². The number of nitrogens with zero attached hydrogens (tertiary/aromatic N) is 2. The topological polar surface area (TPSA) is 61.2 Å². The minimum atomic E-state index is -2.95. The summed E-state index contributed by atoms with van der Waals surface area (Å²) in [4.78, 5) is 1.96. The highest BCUT2D eigenvalue weighted by Crippen LogP contribution is 2.15. The van der Waals surface area contributed by atoms with Gasteiger partial charge in [0.25, 0.3) is 0 Å². The van der Waals surface area contributed by atoms with E-state index in [2.05, 4.69) is 0 Å². The molecule has 0 aliphatic carbocycles. The van der Waals surface area contributed by atoms with E-state index in [0.717, 1.165) is 0 Å². The molecular weight excluding hydrogens is 267 g/mol. The van der Waals surface area contributed by atoms with Crippen molar-refractivity contribution in [2.45, 2.75) is 13.0 Å². The second kappa shape index (κ2) is 5.68. The van der Waals surface area contributed by atoms with Gasteiger partial charge >= 0.3 is 0 Å². The Labute approximate surface area is 112 Å². The van der Waals surface area contributed by atoms with Crippen LogP contribution in [0.2, 0.25) is 0 Å². The van der Waals surface area contributed by atoms with Crippen molar-refractivity contribution >= 4 is 9.84 Å². The third-order valence-corrected chi connectivity index (χ3v) is 4.95. The van der Waals surface area contributed by atoms with Crippen molar-refractivity contribution in [3.05, 3.63) is 35.1 Å². The molecule has 0 amide bonds. The summed E-state index contributed by atoms with van der Waals surface area (Å²) in [6, 6.07) is 6.09. The summed E-state index contributed by atoms with van der Waals surface area (Å²) in [6.07, 6.45) is 0.583. The van der Waals surface area contributed by atoms with Gasteiger partial charge in [-0.1, -0.05) is 0 Å². The quantitative estimate of drug-likeness (QED) is 0.820. The molecule has 2 rings (SSSR count). The van der Waals surface area contributed by atoms with E-state index in [1.54, 1.807) is 0 Å². The Morgan fingerprint density at radius 2 is 2.11 bits per heavy atom. The van der Waals surface area contributed by atoms with E-state index in [9.17, 15) is 12.8 Å². The second-order valence-corrected chi connectivity index (χ2v) is 7.00. The normalized spacial score (nSPS) is 19.6. The first-order valence-corrected chi connectivity index (χ1v) is 7.93. The summed E-state index contributed by atoms with van der Waals surface area (Å²) in [5, 5.41) is 8.99.